The van der Waals surface area contributed by atoms with Crippen molar-refractivity contribution in [1.29, 1.82) is 5.26 Å². The summed E-state index contributed by atoms with van der Waals surface area (Å²) >= 11 is 2.91. The first-order chi connectivity index (χ1) is 7.47. The largest absolute Gasteiger partial charge is 0.481 e. The first-order valence-corrected chi connectivity index (χ1v) is 4.84. The van der Waals surface area contributed by atoms with Gasteiger partial charge in [-0.2, -0.15) is 5.26 Å². The van der Waals surface area contributed by atoms with E-state index in [9.17, 15) is 13.6 Å². The van der Waals surface area contributed by atoms with E-state index in [4.69, 9.17) is 10.4 Å². The van der Waals surface area contributed by atoms with Gasteiger partial charge < -0.3 is 5.11 Å². The number of nitriles is 1. The number of carboxylic acid groups (broad SMARTS) is 1. The summed E-state index contributed by atoms with van der Waals surface area (Å²) in [4.78, 5) is 14.0. The molecule has 0 fully saturated rings. The molecule has 7 heteroatoms. The Bertz CT molecular complexity index is 471. The van der Waals surface area contributed by atoms with Gasteiger partial charge in [-0.1, -0.05) is 0 Å². The van der Waals surface area contributed by atoms with Gasteiger partial charge in [-0.15, -0.1) is 0 Å². The van der Waals surface area contributed by atoms with Crippen molar-refractivity contribution in [2.75, 3.05) is 0 Å². The van der Waals surface area contributed by atoms with Crippen LogP contribution < -0.4 is 0 Å². The van der Waals surface area contributed by atoms with Crippen LogP contribution in [0.25, 0.3) is 0 Å². The zero-order valence-corrected chi connectivity index (χ0v) is 9.33. The molecule has 0 saturated carbocycles. The lowest BCUT2D eigenvalue weighted by atomic mass is 10.1. The summed E-state index contributed by atoms with van der Waals surface area (Å²) in [7, 11) is 0. The molecule has 0 aliphatic heterocycles. The number of carboxylic acids is 1. The Morgan fingerprint density at radius 2 is 2.31 bits per heavy atom. The fourth-order valence-electron chi connectivity index (χ4n) is 1.14. The highest BCUT2D eigenvalue weighted by atomic mass is 79.9. The zero-order chi connectivity index (χ0) is 12.3. The van der Waals surface area contributed by atoms with Gasteiger partial charge >= 0.3 is 5.97 Å². The summed E-state index contributed by atoms with van der Waals surface area (Å²) in [6.07, 6.45) is -2.59. The Morgan fingerprint density at radius 1 is 1.69 bits per heavy atom. The van der Waals surface area contributed by atoms with Crippen LogP contribution in [-0.2, 0) is 11.2 Å². The van der Waals surface area contributed by atoms with Gasteiger partial charge in [0.1, 0.15) is 6.07 Å². The lowest BCUT2D eigenvalue weighted by Crippen LogP contribution is -2.07. The Hall–Kier alpha value is -1.55. The minimum atomic E-state index is -2.83. The Kier molecular flexibility index (Phi) is 3.90. The first kappa shape index (κ1) is 12.5. The van der Waals surface area contributed by atoms with Gasteiger partial charge in [0.05, 0.1) is 10.9 Å². The molecule has 1 aromatic heterocycles. The Balaban J connectivity index is 3.37. The van der Waals surface area contributed by atoms with Crippen LogP contribution in [0, 0.1) is 11.3 Å². The molecule has 16 heavy (non-hydrogen) atoms. The molecule has 0 bridgehead atoms. The van der Waals surface area contributed by atoms with Crippen molar-refractivity contribution in [2.45, 2.75) is 12.8 Å². The van der Waals surface area contributed by atoms with E-state index in [0.717, 1.165) is 6.20 Å². The number of hydrogen-bond donors (Lipinski definition) is 1. The molecule has 84 valence electrons. The Labute approximate surface area is 97.7 Å². The molecule has 4 nitrogen and oxygen atoms in total. The highest BCUT2D eigenvalue weighted by Gasteiger charge is 2.20. The predicted octanol–water partition coefficient (Wildman–Crippen LogP) is 2.28. The third kappa shape index (κ3) is 2.52. The summed E-state index contributed by atoms with van der Waals surface area (Å²) in [5, 5.41) is 17.2. The highest BCUT2D eigenvalue weighted by Crippen LogP contribution is 2.30. The van der Waals surface area contributed by atoms with Gasteiger partial charge in [-0.05, 0) is 21.5 Å². The zero-order valence-electron chi connectivity index (χ0n) is 7.75. The van der Waals surface area contributed by atoms with E-state index in [1.54, 1.807) is 6.07 Å². The standard InChI is InChI=1S/C9H5BrF2N2O2/c10-8-4(1-7(15)16)5(9(11)12)3-14-6(8)2-13/h3,9H,1H2,(H,15,16). The third-order valence-corrected chi connectivity index (χ3v) is 2.68. The number of rotatable bonds is 3. The normalized spacial score (nSPS) is 10.2. The van der Waals surface area contributed by atoms with E-state index in [1.165, 1.54) is 0 Å². The van der Waals surface area contributed by atoms with Crippen LogP contribution >= 0.6 is 15.9 Å². The van der Waals surface area contributed by atoms with Gasteiger partial charge in [-0.3, -0.25) is 4.79 Å². The second-order valence-electron chi connectivity index (χ2n) is 2.84. The molecule has 0 aromatic carbocycles. The minimum absolute atomic E-state index is 0.00944. The first-order valence-electron chi connectivity index (χ1n) is 4.04. The number of carbonyl (C=O) groups is 1. The molecule has 0 aliphatic rings. The SMILES string of the molecule is N#Cc1ncc(C(F)F)c(CC(=O)O)c1Br. The summed E-state index contributed by atoms with van der Waals surface area (Å²) in [5.41, 5.74) is -0.706. The van der Waals surface area contributed by atoms with Crippen LogP contribution in [0.2, 0.25) is 0 Å². The lowest BCUT2D eigenvalue weighted by molar-refractivity contribution is -0.136. The maximum Gasteiger partial charge on any atom is 0.307 e. The van der Waals surface area contributed by atoms with Crippen LogP contribution in [0.3, 0.4) is 0 Å². The molecule has 0 radical (unpaired) electrons. The second-order valence-corrected chi connectivity index (χ2v) is 3.63. The topological polar surface area (TPSA) is 74.0 Å². The number of aromatic nitrogens is 1. The lowest BCUT2D eigenvalue weighted by Gasteiger charge is -2.09. The van der Waals surface area contributed by atoms with Crippen molar-refractivity contribution in [3.8, 4) is 6.07 Å². The van der Waals surface area contributed by atoms with Crippen molar-refractivity contribution in [3.05, 3.63) is 27.5 Å². The number of alkyl halides is 2. The summed E-state index contributed by atoms with van der Waals surface area (Å²) < 4.78 is 25.1. The van der Waals surface area contributed by atoms with Gasteiger partial charge in [0.15, 0.2) is 5.69 Å². The minimum Gasteiger partial charge on any atom is -0.481 e. The van der Waals surface area contributed by atoms with Crippen LogP contribution in [-0.4, -0.2) is 16.1 Å². The smallest absolute Gasteiger partial charge is 0.307 e. The van der Waals surface area contributed by atoms with Crippen LogP contribution in [0.1, 0.15) is 23.2 Å². The van der Waals surface area contributed by atoms with E-state index in [1.807, 2.05) is 0 Å². The Morgan fingerprint density at radius 3 is 2.75 bits per heavy atom. The quantitative estimate of drug-likeness (QED) is 0.927. The maximum atomic E-state index is 12.6. The van der Waals surface area contributed by atoms with Crippen molar-refractivity contribution in [3.63, 3.8) is 0 Å². The van der Waals surface area contributed by atoms with Crippen LogP contribution in [0.5, 0.6) is 0 Å². The molecule has 1 rings (SSSR count). The highest BCUT2D eigenvalue weighted by molar-refractivity contribution is 9.10. The van der Waals surface area contributed by atoms with Gasteiger partial charge in [0.25, 0.3) is 6.43 Å². The molecule has 0 atom stereocenters. The molecule has 0 saturated heterocycles. The number of pyridine rings is 1. The molecule has 0 spiro atoms. The van der Waals surface area contributed by atoms with Crippen molar-refractivity contribution < 1.29 is 18.7 Å². The van der Waals surface area contributed by atoms with Crippen molar-refractivity contribution >= 4 is 21.9 Å². The summed E-state index contributed by atoms with van der Waals surface area (Å²) in [6.45, 7) is 0. The fourth-order valence-corrected chi connectivity index (χ4v) is 1.70. The van der Waals surface area contributed by atoms with Crippen LogP contribution in [0.4, 0.5) is 8.78 Å². The molecule has 0 aliphatic carbocycles. The molecule has 0 amide bonds. The number of halogens is 3. The monoisotopic (exact) mass is 290 g/mol. The van der Waals surface area contributed by atoms with E-state index >= 15 is 0 Å². The van der Waals surface area contributed by atoms with Gasteiger partial charge in [0.2, 0.25) is 0 Å². The average Bonchev–Trinajstić information content (AvgIpc) is 2.19. The van der Waals surface area contributed by atoms with Gasteiger partial charge in [-0.25, -0.2) is 13.8 Å². The predicted molar refractivity (Wildman–Crippen MR) is 52.9 cm³/mol. The van der Waals surface area contributed by atoms with Crippen molar-refractivity contribution in [1.82, 2.24) is 4.98 Å². The van der Waals surface area contributed by atoms with E-state index in [0.29, 0.717) is 0 Å². The third-order valence-electron chi connectivity index (χ3n) is 1.82. The summed E-state index contributed by atoms with van der Waals surface area (Å²) in [5.74, 6) is -1.25. The number of nitrogens with zero attached hydrogens (tertiary/aromatic N) is 2. The second kappa shape index (κ2) is 4.99. The van der Waals surface area contributed by atoms with E-state index < -0.39 is 24.4 Å². The number of aliphatic carboxylic acids is 1. The molecule has 1 aromatic rings. The molecule has 1 heterocycles. The molecule has 1 N–H and O–H groups in total. The molecule has 0 unspecified atom stereocenters. The average molecular weight is 291 g/mol. The number of hydrogen-bond acceptors (Lipinski definition) is 3. The van der Waals surface area contributed by atoms with E-state index in [-0.39, 0.29) is 15.7 Å². The maximum absolute atomic E-state index is 12.6. The van der Waals surface area contributed by atoms with Crippen LogP contribution in [0.15, 0.2) is 10.7 Å². The van der Waals surface area contributed by atoms with Crippen molar-refractivity contribution in [2.24, 2.45) is 0 Å². The van der Waals surface area contributed by atoms with Gasteiger partial charge in [0, 0.05) is 11.8 Å². The molecular formula is C9H5BrF2N2O2. The summed E-state index contributed by atoms with van der Waals surface area (Å²) in [6, 6.07) is 1.68. The molecular weight excluding hydrogens is 286 g/mol. The fraction of sp³-hybridized carbons (Fsp3) is 0.222. The van der Waals surface area contributed by atoms with E-state index in [2.05, 4.69) is 20.9 Å².